The number of rotatable bonds is 6. The van der Waals surface area contributed by atoms with Crippen LogP contribution in [0.3, 0.4) is 0 Å². The standard InChI is InChI=1S/C23H24N2O3/c1-16-8-12-18(13-9-16)23(27,19-14-10-17(2)11-15-19)22(26)25-24-20-6-4-5-7-21(20)28-3/h4-15,24,27H,1-3H3,(H,25,26). The Morgan fingerprint density at radius 3 is 1.86 bits per heavy atom. The van der Waals surface area contributed by atoms with Crippen LogP contribution in [0.4, 0.5) is 5.69 Å². The van der Waals surface area contributed by atoms with Gasteiger partial charge in [0.15, 0.2) is 5.60 Å². The Labute approximate surface area is 165 Å². The Hall–Kier alpha value is -3.31. The highest BCUT2D eigenvalue weighted by Gasteiger charge is 2.40. The van der Waals surface area contributed by atoms with Crippen LogP contribution in [0.1, 0.15) is 22.3 Å². The number of aryl methyl sites for hydroxylation is 2. The lowest BCUT2D eigenvalue weighted by molar-refractivity contribution is -0.136. The molecule has 0 atom stereocenters. The van der Waals surface area contributed by atoms with Crippen LogP contribution in [0.15, 0.2) is 72.8 Å². The van der Waals surface area contributed by atoms with Crippen molar-refractivity contribution in [1.82, 2.24) is 5.43 Å². The molecule has 0 aromatic heterocycles. The molecule has 0 heterocycles. The van der Waals surface area contributed by atoms with Gasteiger partial charge in [-0.25, -0.2) is 0 Å². The van der Waals surface area contributed by atoms with Gasteiger partial charge in [-0.1, -0.05) is 71.8 Å². The van der Waals surface area contributed by atoms with Crippen molar-refractivity contribution >= 4 is 11.6 Å². The zero-order valence-electron chi connectivity index (χ0n) is 16.2. The van der Waals surface area contributed by atoms with Crippen molar-refractivity contribution in [1.29, 1.82) is 0 Å². The number of nitrogens with one attached hydrogen (secondary N) is 2. The smallest absolute Gasteiger partial charge is 0.279 e. The summed E-state index contributed by atoms with van der Waals surface area (Å²) >= 11 is 0. The minimum Gasteiger partial charge on any atom is -0.495 e. The fourth-order valence-corrected chi connectivity index (χ4v) is 2.98. The number of hydrazine groups is 1. The first-order valence-electron chi connectivity index (χ1n) is 9.01. The lowest BCUT2D eigenvalue weighted by atomic mass is 9.85. The van der Waals surface area contributed by atoms with Crippen molar-refractivity contribution < 1.29 is 14.6 Å². The lowest BCUT2D eigenvalue weighted by Crippen LogP contribution is -2.47. The second-order valence-corrected chi connectivity index (χ2v) is 6.72. The third-order valence-electron chi connectivity index (χ3n) is 4.68. The molecule has 0 radical (unpaired) electrons. The maximum Gasteiger partial charge on any atom is 0.279 e. The fraction of sp³-hybridized carbons (Fsp3) is 0.174. The van der Waals surface area contributed by atoms with Gasteiger partial charge in [0.05, 0.1) is 12.8 Å². The van der Waals surface area contributed by atoms with Gasteiger partial charge in [-0.15, -0.1) is 0 Å². The van der Waals surface area contributed by atoms with Gasteiger partial charge in [-0.2, -0.15) is 0 Å². The van der Waals surface area contributed by atoms with Crippen molar-refractivity contribution in [2.24, 2.45) is 0 Å². The monoisotopic (exact) mass is 376 g/mol. The zero-order chi connectivity index (χ0) is 20.1. The molecule has 0 fully saturated rings. The summed E-state index contributed by atoms with van der Waals surface area (Å²) in [7, 11) is 1.55. The maximum atomic E-state index is 13.1. The molecule has 0 spiro atoms. The molecule has 1 amide bonds. The van der Waals surface area contributed by atoms with Gasteiger partial charge in [-0.05, 0) is 37.1 Å². The predicted molar refractivity (Wildman–Crippen MR) is 110 cm³/mol. The molecule has 0 saturated carbocycles. The van der Waals surface area contributed by atoms with E-state index in [-0.39, 0.29) is 0 Å². The maximum absolute atomic E-state index is 13.1. The second-order valence-electron chi connectivity index (χ2n) is 6.72. The second kappa shape index (κ2) is 8.15. The van der Waals surface area contributed by atoms with E-state index >= 15 is 0 Å². The number of methoxy groups -OCH3 is 1. The number of anilines is 1. The van der Waals surface area contributed by atoms with Crippen molar-refractivity contribution in [3.05, 3.63) is 95.1 Å². The number of aliphatic hydroxyl groups is 1. The minimum atomic E-state index is -1.85. The van der Waals surface area contributed by atoms with E-state index in [9.17, 15) is 9.90 Å². The van der Waals surface area contributed by atoms with E-state index in [2.05, 4.69) is 10.9 Å². The summed E-state index contributed by atoms with van der Waals surface area (Å²) in [5.74, 6) is -0.0110. The largest absolute Gasteiger partial charge is 0.495 e. The molecule has 0 bridgehead atoms. The van der Waals surface area contributed by atoms with Gasteiger partial charge in [0, 0.05) is 0 Å². The minimum absolute atomic E-state index is 0.487. The molecule has 3 N–H and O–H groups in total. The molecule has 0 aliphatic rings. The summed E-state index contributed by atoms with van der Waals surface area (Å²) in [5.41, 5.74) is 7.27. The van der Waals surface area contributed by atoms with E-state index in [0.29, 0.717) is 22.6 Å². The highest BCUT2D eigenvalue weighted by atomic mass is 16.5. The van der Waals surface area contributed by atoms with E-state index < -0.39 is 11.5 Å². The van der Waals surface area contributed by atoms with E-state index in [0.717, 1.165) is 11.1 Å². The molecule has 3 rings (SSSR count). The predicted octanol–water partition coefficient (Wildman–Crippen LogP) is 3.69. The van der Waals surface area contributed by atoms with Gasteiger partial charge >= 0.3 is 0 Å². The zero-order valence-corrected chi connectivity index (χ0v) is 16.2. The highest BCUT2D eigenvalue weighted by Crippen LogP contribution is 2.31. The van der Waals surface area contributed by atoms with Crippen molar-refractivity contribution in [3.8, 4) is 5.75 Å². The van der Waals surface area contributed by atoms with Crippen LogP contribution in [0.2, 0.25) is 0 Å². The average Bonchev–Trinajstić information content (AvgIpc) is 2.72. The third kappa shape index (κ3) is 3.85. The Morgan fingerprint density at radius 2 is 1.36 bits per heavy atom. The molecule has 0 saturated heterocycles. The van der Waals surface area contributed by atoms with E-state index in [1.807, 2.05) is 50.2 Å². The third-order valence-corrected chi connectivity index (χ3v) is 4.68. The summed E-state index contributed by atoms with van der Waals surface area (Å²) in [6, 6.07) is 21.7. The fourth-order valence-electron chi connectivity index (χ4n) is 2.98. The Balaban J connectivity index is 1.95. The molecule has 5 nitrogen and oxygen atoms in total. The number of hydrogen-bond donors (Lipinski definition) is 3. The molecule has 3 aromatic carbocycles. The van der Waals surface area contributed by atoms with Crippen molar-refractivity contribution in [2.75, 3.05) is 12.5 Å². The normalized spacial score (nSPS) is 11.0. The van der Waals surface area contributed by atoms with Crippen molar-refractivity contribution in [2.45, 2.75) is 19.4 Å². The number of ether oxygens (including phenoxy) is 1. The summed E-state index contributed by atoms with van der Waals surface area (Å²) in [6.45, 7) is 3.91. The van der Waals surface area contributed by atoms with Crippen LogP contribution in [0.25, 0.3) is 0 Å². The molecule has 28 heavy (non-hydrogen) atoms. The van der Waals surface area contributed by atoms with Crippen LogP contribution in [0, 0.1) is 13.8 Å². The Bertz CT molecular complexity index is 905. The lowest BCUT2D eigenvalue weighted by Gasteiger charge is -2.28. The molecular weight excluding hydrogens is 352 g/mol. The molecule has 0 unspecified atom stereocenters. The van der Waals surface area contributed by atoms with Crippen LogP contribution < -0.4 is 15.6 Å². The quantitative estimate of drug-likeness (QED) is 0.574. The SMILES string of the molecule is COc1ccccc1NNC(=O)C(O)(c1ccc(C)cc1)c1ccc(C)cc1. The molecule has 0 aliphatic carbocycles. The summed E-state index contributed by atoms with van der Waals surface area (Å²) in [4.78, 5) is 13.1. The van der Waals surface area contributed by atoms with Gasteiger partial charge in [0.1, 0.15) is 5.75 Å². The average molecular weight is 376 g/mol. The number of carbonyl (C=O) groups excluding carboxylic acids is 1. The molecule has 0 aliphatic heterocycles. The number of benzene rings is 3. The summed E-state index contributed by atoms with van der Waals surface area (Å²) < 4.78 is 5.28. The van der Waals surface area contributed by atoms with E-state index in [1.165, 1.54) is 0 Å². The van der Waals surface area contributed by atoms with Gasteiger partial charge in [0.25, 0.3) is 5.91 Å². The van der Waals surface area contributed by atoms with E-state index in [4.69, 9.17) is 4.74 Å². The Kier molecular flexibility index (Phi) is 5.66. The number of hydrogen-bond acceptors (Lipinski definition) is 4. The highest BCUT2D eigenvalue weighted by molar-refractivity contribution is 5.91. The summed E-state index contributed by atoms with van der Waals surface area (Å²) in [5, 5.41) is 11.5. The van der Waals surface area contributed by atoms with Gasteiger partial charge < -0.3 is 9.84 Å². The molecular formula is C23H24N2O3. The van der Waals surface area contributed by atoms with Crippen LogP contribution in [-0.4, -0.2) is 18.1 Å². The van der Waals surface area contributed by atoms with Crippen LogP contribution in [-0.2, 0) is 10.4 Å². The first kappa shape index (κ1) is 19.5. The van der Waals surface area contributed by atoms with Gasteiger partial charge in [0.2, 0.25) is 0 Å². The molecule has 5 heteroatoms. The number of amides is 1. The Morgan fingerprint density at radius 1 is 0.857 bits per heavy atom. The number of para-hydroxylation sites is 2. The molecule has 3 aromatic rings. The van der Waals surface area contributed by atoms with Gasteiger partial charge in [-0.3, -0.25) is 15.6 Å². The van der Waals surface area contributed by atoms with Crippen LogP contribution >= 0.6 is 0 Å². The van der Waals surface area contributed by atoms with Crippen molar-refractivity contribution in [3.63, 3.8) is 0 Å². The molecule has 144 valence electrons. The van der Waals surface area contributed by atoms with Crippen LogP contribution in [0.5, 0.6) is 5.75 Å². The summed E-state index contributed by atoms with van der Waals surface area (Å²) in [6.07, 6.45) is 0. The topological polar surface area (TPSA) is 70.6 Å². The van der Waals surface area contributed by atoms with E-state index in [1.54, 1.807) is 43.5 Å². The first-order valence-corrected chi connectivity index (χ1v) is 9.01. The number of carbonyl (C=O) groups is 1. The first-order chi connectivity index (χ1) is 13.4.